The van der Waals surface area contributed by atoms with E-state index in [1.54, 1.807) is 7.11 Å². The summed E-state index contributed by atoms with van der Waals surface area (Å²) in [4.78, 5) is 13.8. The van der Waals surface area contributed by atoms with E-state index in [4.69, 9.17) is 4.74 Å². The zero-order valence-electron chi connectivity index (χ0n) is 13.0. The van der Waals surface area contributed by atoms with Crippen LogP contribution in [-0.4, -0.2) is 38.6 Å². The highest BCUT2D eigenvalue weighted by molar-refractivity contribution is 5.75. The Hall–Kier alpha value is -1.55. The fraction of sp³-hybridized carbons (Fsp3) is 0.562. The Morgan fingerprint density at radius 3 is 2.75 bits per heavy atom. The maximum Gasteiger partial charge on any atom is 0.220 e. The SMILES string of the molecule is CCCCC(=O)NCC(c1cccc(OC)c1)N(C)C. The average molecular weight is 278 g/mol. The van der Waals surface area contributed by atoms with Gasteiger partial charge in [0.05, 0.1) is 13.2 Å². The van der Waals surface area contributed by atoms with Crippen molar-refractivity contribution in [1.29, 1.82) is 0 Å². The second-order valence-electron chi connectivity index (χ2n) is 5.16. The number of hydrogen-bond donors (Lipinski definition) is 1. The summed E-state index contributed by atoms with van der Waals surface area (Å²) in [6, 6.07) is 8.13. The van der Waals surface area contributed by atoms with Crippen molar-refractivity contribution in [1.82, 2.24) is 10.2 Å². The lowest BCUT2D eigenvalue weighted by Gasteiger charge is -2.25. The maximum absolute atomic E-state index is 11.7. The lowest BCUT2D eigenvalue weighted by atomic mass is 10.1. The number of nitrogens with zero attached hydrogens (tertiary/aromatic N) is 1. The van der Waals surface area contributed by atoms with Gasteiger partial charge in [0, 0.05) is 13.0 Å². The fourth-order valence-corrected chi connectivity index (χ4v) is 2.08. The third kappa shape index (κ3) is 5.21. The number of amides is 1. The summed E-state index contributed by atoms with van der Waals surface area (Å²) in [7, 11) is 5.70. The molecule has 0 saturated heterocycles. The van der Waals surface area contributed by atoms with Crippen molar-refractivity contribution >= 4 is 5.91 Å². The number of likely N-dealkylation sites (N-methyl/N-ethyl adjacent to an activating group) is 1. The largest absolute Gasteiger partial charge is 0.497 e. The zero-order chi connectivity index (χ0) is 15.0. The van der Waals surface area contributed by atoms with Gasteiger partial charge in [-0.1, -0.05) is 25.5 Å². The minimum atomic E-state index is 0.126. The van der Waals surface area contributed by atoms with Crippen LogP contribution in [0.2, 0.25) is 0 Å². The third-order valence-corrected chi connectivity index (χ3v) is 3.35. The van der Waals surface area contributed by atoms with Crippen molar-refractivity contribution in [3.05, 3.63) is 29.8 Å². The number of nitrogens with one attached hydrogen (secondary N) is 1. The number of unbranched alkanes of at least 4 members (excludes halogenated alkanes) is 1. The molecule has 0 aliphatic heterocycles. The van der Waals surface area contributed by atoms with Gasteiger partial charge in [0.1, 0.15) is 5.75 Å². The van der Waals surface area contributed by atoms with Gasteiger partial charge in [-0.3, -0.25) is 4.79 Å². The molecule has 1 aromatic carbocycles. The Labute approximate surface area is 122 Å². The smallest absolute Gasteiger partial charge is 0.220 e. The molecule has 0 saturated carbocycles. The van der Waals surface area contributed by atoms with Gasteiger partial charge in [-0.15, -0.1) is 0 Å². The molecule has 1 atom stereocenters. The number of ether oxygens (including phenoxy) is 1. The van der Waals surface area contributed by atoms with Crippen LogP contribution in [0.25, 0.3) is 0 Å². The monoisotopic (exact) mass is 278 g/mol. The van der Waals surface area contributed by atoms with Gasteiger partial charge < -0.3 is 15.0 Å². The molecule has 0 heterocycles. The molecule has 0 aliphatic carbocycles. The zero-order valence-corrected chi connectivity index (χ0v) is 13.0. The molecule has 1 N–H and O–H groups in total. The van der Waals surface area contributed by atoms with Crippen LogP contribution in [0.4, 0.5) is 0 Å². The predicted molar refractivity (Wildman–Crippen MR) is 82.0 cm³/mol. The van der Waals surface area contributed by atoms with Gasteiger partial charge in [0.15, 0.2) is 0 Å². The second kappa shape index (κ2) is 8.59. The Bertz CT molecular complexity index is 419. The summed E-state index contributed by atoms with van der Waals surface area (Å²) < 4.78 is 5.26. The van der Waals surface area contributed by atoms with Gasteiger partial charge in [0.2, 0.25) is 5.91 Å². The maximum atomic E-state index is 11.7. The molecule has 4 heteroatoms. The molecular weight excluding hydrogens is 252 g/mol. The quantitative estimate of drug-likeness (QED) is 0.794. The van der Waals surface area contributed by atoms with Crippen molar-refractivity contribution in [2.75, 3.05) is 27.7 Å². The Morgan fingerprint density at radius 1 is 1.40 bits per heavy atom. The highest BCUT2D eigenvalue weighted by Crippen LogP contribution is 2.22. The van der Waals surface area contributed by atoms with Crippen LogP contribution < -0.4 is 10.1 Å². The second-order valence-corrected chi connectivity index (χ2v) is 5.16. The van der Waals surface area contributed by atoms with Crippen LogP contribution >= 0.6 is 0 Å². The van der Waals surface area contributed by atoms with Crippen LogP contribution in [-0.2, 0) is 4.79 Å². The van der Waals surface area contributed by atoms with Gasteiger partial charge in [-0.2, -0.15) is 0 Å². The van der Waals surface area contributed by atoms with Gasteiger partial charge >= 0.3 is 0 Å². The van der Waals surface area contributed by atoms with Crippen LogP contribution in [0.3, 0.4) is 0 Å². The van der Waals surface area contributed by atoms with Crippen LogP contribution in [0.15, 0.2) is 24.3 Å². The van der Waals surface area contributed by atoms with Gasteiger partial charge in [-0.25, -0.2) is 0 Å². The first kappa shape index (κ1) is 16.5. The Morgan fingerprint density at radius 2 is 2.15 bits per heavy atom. The molecule has 20 heavy (non-hydrogen) atoms. The predicted octanol–water partition coefficient (Wildman–Crippen LogP) is 2.60. The minimum Gasteiger partial charge on any atom is -0.497 e. The Kier molecular flexibility index (Phi) is 7.09. The van der Waals surface area contributed by atoms with Gasteiger partial charge in [-0.05, 0) is 38.2 Å². The van der Waals surface area contributed by atoms with E-state index in [2.05, 4.69) is 23.2 Å². The Balaban J connectivity index is 2.66. The van der Waals surface area contributed by atoms with Crippen molar-refractivity contribution in [3.63, 3.8) is 0 Å². The number of carbonyl (C=O) groups is 1. The molecule has 1 aromatic rings. The van der Waals surface area contributed by atoms with Crippen LogP contribution in [0.5, 0.6) is 5.75 Å². The first-order valence-corrected chi connectivity index (χ1v) is 7.15. The van der Waals surface area contributed by atoms with Gasteiger partial charge in [0.25, 0.3) is 0 Å². The molecule has 0 bridgehead atoms. The molecule has 1 unspecified atom stereocenters. The third-order valence-electron chi connectivity index (χ3n) is 3.35. The summed E-state index contributed by atoms with van der Waals surface area (Å²) in [5.41, 5.74) is 1.14. The van der Waals surface area contributed by atoms with E-state index >= 15 is 0 Å². The first-order chi connectivity index (χ1) is 9.58. The molecule has 0 aliphatic rings. The molecular formula is C16H26N2O2. The van der Waals surface area contributed by atoms with E-state index in [-0.39, 0.29) is 11.9 Å². The molecule has 1 amide bonds. The molecule has 0 fully saturated rings. The summed E-state index contributed by atoms with van der Waals surface area (Å²) >= 11 is 0. The van der Waals surface area contributed by atoms with E-state index < -0.39 is 0 Å². The number of hydrogen-bond acceptors (Lipinski definition) is 3. The van der Waals surface area contributed by atoms with Crippen LogP contribution in [0.1, 0.15) is 37.8 Å². The van der Waals surface area contributed by atoms with Crippen molar-refractivity contribution in [2.45, 2.75) is 32.2 Å². The highest BCUT2D eigenvalue weighted by atomic mass is 16.5. The lowest BCUT2D eigenvalue weighted by molar-refractivity contribution is -0.121. The lowest BCUT2D eigenvalue weighted by Crippen LogP contribution is -2.34. The van der Waals surface area contributed by atoms with E-state index in [0.29, 0.717) is 13.0 Å². The molecule has 4 nitrogen and oxygen atoms in total. The molecule has 0 aromatic heterocycles. The minimum absolute atomic E-state index is 0.126. The number of methoxy groups -OCH3 is 1. The van der Waals surface area contributed by atoms with E-state index in [1.807, 2.05) is 32.3 Å². The van der Waals surface area contributed by atoms with E-state index in [0.717, 1.165) is 24.2 Å². The van der Waals surface area contributed by atoms with E-state index in [9.17, 15) is 4.79 Å². The standard InChI is InChI=1S/C16H26N2O2/c1-5-6-10-16(19)17-12-15(18(2)3)13-8-7-9-14(11-13)20-4/h7-9,11,15H,5-6,10,12H2,1-4H3,(H,17,19). The summed E-state index contributed by atoms with van der Waals surface area (Å²) in [6.45, 7) is 2.70. The topological polar surface area (TPSA) is 41.6 Å². The molecule has 0 radical (unpaired) electrons. The van der Waals surface area contributed by atoms with Crippen molar-refractivity contribution in [2.24, 2.45) is 0 Å². The molecule has 0 spiro atoms. The molecule has 112 valence electrons. The van der Waals surface area contributed by atoms with Crippen molar-refractivity contribution < 1.29 is 9.53 Å². The number of rotatable bonds is 8. The summed E-state index contributed by atoms with van der Waals surface area (Å²) in [5, 5.41) is 3.01. The highest BCUT2D eigenvalue weighted by Gasteiger charge is 2.15. The number of carbonyl (C=O) groups excluding carboxylic acids is 1. The number of benzene rings is 1. The van der Waals surface area contributed by atoms with Crippen LogP contribution in [0, 0.1) is 0 Å². The average Bonchev–Trinajstić information content (AvgIpc) is 2.45. The fourth-order valence-electron chi connectivity index (χ4n) is 2.08. The summed E-state index contributed by atoms with van der Waals surface area (Å²) in [5.74, 6) is 0.966. The normalized spacial score (nSPS) is 12.2. The molecule has 1 rings (SSSR count). The van der Waals surface area contributed by atoms with E-state index in [1.165, 1.54) is 0 Å². The van der Waals surface area contributed by atoms with Crippen molar-refractivity contribution in [3.8, 4) is 5.75 Å². The first-order valence-electron chi connectivity index (χ1n) is 7.15. The summed E-state index contributed by atoms with van der Waals surface area (Å²) in [6.07, 6.45) is 2.59.